The van der Waals surface area contributed by atoms with E-state index in [2.05, 4.69) is 37.1 Å². The molecule has 0 spiro atoms. The van der Waals surface area contributed by atoms with E-state index in [0.29, 0.717) is 11.0 Å². The fraction of sp³-hybridized carbons (Fsp3) is 0.300. The number of amides is 1. The molecule has 8 heteroatoms. The Hall–Kier alpha value is -3.26. The van der Waals surface area contributed by atoms with E-state index in [4.69, 9.17) is 0 Å². The lowest BCUT2D eigenvalue weighted by Gasteiger charge is -2.34. The highest BCUT2D eigenvalue weighted by molar-refractivity contribution is 5.93. The highest BCUT2D eigenvalue weighted by atomic mass is 16.2. The van der Waals surface area contributed by atoms with Crippen LogP contribution in [-0.2, 0) is 6.54 Å². The predicted octanol–water partition coefficient (Wildman–Crippen LogP) is 1.000. The zero-order chi connectivity index (χ0) is 19.5. The molecule has 0 atom stereocenters. The highest BCUT2D eigenvalue weighted by Gasteiger charge is 2.19. The lowest BCUT2D eigenvalue weighted by molar-refractivity contribution is 0.0944. The maximum Gasteiger partial charge on any atom is 0.280 e. The van der Waals surface area contributed by atoms with Crippen molar-refractivity contribution in [1.29, 1.82) is 0 Å². The van der Waals surface area contributed by atoms with Crippen LogP contribution in [0, 0.1) is 0 Å². The van der Waals surface area contributed by atoms with Crippen LogP contribution in [0.5, 0.6) is 0 Å². The Labute approximate surface area is 162 Å². The quantitative estimate of drug-likeness (QED) is 0.703. The second kappa shape index (κ2) is 7.77. The largest absolute Gasteiger partial charge is 0.354 e. The average molecular weight is 378 g/mol. The number of carbonyl (C=O) groups excluding carboxylic acids is 1. The first-order valence-electron chi connectivity index (χ1n) is 9.26. The molecule has 1 aromatic carbocycles. The minimum absolute atomic E-state index is 0.135. The molecule has 1 aliphatic rings. The number of H-pyrrole nitrogens is 1. The van der Waals surface area contributed by atoms with Gasteiger partial charge in [0.15, 0.2) is 5.69 Å². The second-order valence-electron chi connectivity index (χ2n) is 6.89. The molecule has 1 fully saturated rings. The zero-order valence-electron chi connectivity index (χ0n) is 15.7. The lowest BCUT2D eigenvalue weighted by atomic mass is 10.2. The monoisotopic (exact) mass is 378 g/mol. The van der Waals surface area contributed by atoms with Crippen molar-refractivity contribution < 1.29 is 4.79 Å². The molecule has 4 rings (SSSR count). The smallest absolute Gasteiger partial charge is 0.280 e. The van der Waals surface area contributed by atoms with Gasteiger partial charge in [-0.25, -0.2) is 9.97 Å². The van der Waals surface area contributed by atoms with E-state index >= 15 is 0 Å². The number of nitrogens with one attached hydrogen (secondary N) is 2. The topological polar surface area (TPSA) is 94.2 Å². The molecule has 1 aliphatic heterocycles. The van der Waals surface area contributed by atoms with Crippen molar-refractivity contribution in [3.8, 4) is 0 Å². The number of nitrogens with zero attached hydrogens (tertiary/aromatic N) is 4. The van der Waals surface area contributed by atoms with E-state index in [0.717, 1.165) is 37.6 Å². The average Bonchev–Trinajstić information content (AvgIpc) is 2.72. The molecule has 1 saturated heterocycles. The number of hydrogen-bond acceptors (Lipinski definition) is 6. The Morgan fingerprint density at radius 2 is 1.93 bits per heavy atom. The first-order chi connectivity index (χ1) is 13.6. The van der Waals surface area contributed by atoms with E-state index < -0.39 is 11.5 Å². The van der Waals surface area contributed by atoms with Crippen LogP contribution in [-0.4, -0.2) is 59.0 Å². The first-order valence-corrected chi connectivity index (χ1v) is 9.26. The normalized spacial score (nSPS) is 15.0. The Kier molecular flexibility index (Phi) is 5.03. The van der Waals surface area contributed by atoms with E-state index in [9.17, 15) is 9.59 Å². The van der Waals surface area contributed by atoms with Gasteiger partial charge in [0.2, 0.25) is 0 Å². The number of hydrogen-bond donors (Lipinski definition) is 2. The maximum atomic E-state index is 12.6. The predicted molar refractivity (Wildman–Crippen MR) is 107 cm³/mol. The number of para-hydroxylation sites is 2. The molecule has 0 aliphatic carbocycles. The number of aromatic amines is 1. The molecular formula is C20H22N6O2. The van der Waals surface area contributed by atoms with E-state index in [-0.39, 0.29) is 12.2 Å². The molecule has 2 aromatic heterocycles. The number of aromatic nitrogens is 3. The van der Waals surface area contributed by atoms with Crippen molar-refractivity contribution in [3.63, 3.8) is 0 Å². The maximum absolute atomic E-state index is 12.6. The lowest BCUT2D eigenvalue weighted by Crippen LogP contribution is -2.45. The molecule has 3 aromatic rings. The van der Waals surface area contributed by atoms with Crippen LogP contribution in [0.1, 0.15) is 16.1 Å². The SMILES string of the molecule is CN1CCN(c2ncccc2CNC(=O)c2nc3ccccc3[nH]c2=O)CC1. The molecular weight excluding hydrogens is 356 g/mol. The Bertz CT molecular complexity index is 1060. The Morgan fingerprint density at radius 3 is 2.75 bits per heavy atom. The summed E-state index contributed by atoms with van der Waals surface area (Å²) in [5, 5.41) is 2.81. The minimum atomic E-state index is -0.500. The minimum Gasteiger partial charge on any atom is -0.354 e. The van der Waals surface area contributed by atoms with Gasteiger partial charge in [-0.2, -0.15) is 0 Å². The molecule has 0 unspecified atom stereocenters. The van der Waals surface area contributed by atoms with Crippen molar-refractivity contribution in [3.05, 3.63) is 64.2 Å². The number of likely N-dealkylation sites (N-methyl/N-ethyl adjacent to an activating group) is 1. The molecule has 1 amide bonds. The summed E-state index contributed by atoms with van der Waals surface area (Å²) >= 11 is 0. The van der Waals surface area contributed by atoms with Gasteiger partial charge in [-0.1, -0.05) is 18.2 Å². The number of anilines is 1. The number of piperazine rings is 1. The van der Waals surface area contributed by atoms with Crippen LogP contribution in [0.15, 0.2) is 47.4 Å². The molecule has 0 radical (unpaired) electrons. The van der Waals surface area contributed by atoms with E-state index in [1.165, 1.54) is 0 Å². The standard InChI is InChI=1S/C20H22N6O2/c1-25-9-11-26(12-10-25)18-14(5-4-8-21-18)13-22-19(27)17-20(28)24-16-7-3-2-6-15(16)23-17/h2-8H,9-13H2,1H3,(H,22,27)(H,24,28). The van der Waals surface area contributed by atoms with Crippen LogP contribution >= 0.6 is 0 Å². The molecule has 8 nitrogen and oxygen atoms in total. The number of carbonyl (C=O) groups is 1. The summed E-state index contributed by atoms with van der Waals surface area (Å²) in [5.41, 5.74) is 1.46. The summed E-state index contributed by atoms with van der Waals surface area (Å²) in [4.78, 5) is 40.7. The fourth-order valence-electron chi connectivity index (χ4n) is 3.31. The summed E-state index contributed by atoms with van der Waals surface area (Å²) < 4.78 is 0. The summed E-state index contributed by atoms with van der Waals surface area (Å²) in [7, 11) is 2.10. The molecule has 2 N–H and O–H groups in total. The summed E-state index contributed by atoms with van der Waals surface area (Å²) in [6.45, 7) is 4.00. The highest BCUT2D eigenvalue weighted by Crippen LogP contribution is 2.18. The molecule has 3 heterocycles. The van der Waals surface area contributed by atoms with Gasteiger partial charge in [0.1, 0.15) is 5.82 Å². The third kappa shape index (κ3) is 3.72. The number of fused-ring (bicyclic) bond motifs is 1. The van der Waals surface area contributed by atoms with Crippen LogP contribution < -0.4 is 15.8 Å². The van der Waals surface area contributed by atoms with E-state index in [1.807, 2.05) is 24.3 Å². The fourth-order valence-corrected chi connectivity index (χ4v) is 3.31. The summed E-state index contributed by atoms with van der Waals surface area (Å²) in [5.74, 6) is 0.372. The number of pyridine rings is 1. The van der Waals surface area contributed by atoms with Gasteiger partial charge >= 0.3 is 0 Å². The third-order valence-corrected chi connectivity index (χ3v) is 4.92. The van der Waals surface area contributed by atoms with Gasteiger partial charge in [0.05, 0.1) is 11.0 Å². The Morgan fingerprint density at radius 1 is 1.14 bits per heavy atom. The zero-order valence-corrected chi connectivity index (χ0v) is 15.7. The van der Waals surface area contributed by atoms with Crippen LogP contribution in [0.4, 0.5) is 5.82 Å². The van der Waals surface area contributed by atoms with Crippen LogP contribution in [0.2, 0.25) is 0 Å². The van der Waals surface area contributed by atoms with Crippen molar-refractivity contribution in [2.75, 3.05) is 38.1 Å². The number of benzene rings is 1. The van der Waals surface area contributed by atoms with Gasteiger partial charge in [0.25, 0.3) is 11.5 Å². The van der Waals surface area contributed by atoms with Crippen molar-refractivity contribution in [1.82, 2.24) is 25.2 Å². The van der Waals surface area contributed by atoms with Gasteiger partial charge in [-0.15, -0.1) is 0 Å². The van der Waals surface area contributed by atoms with Gasteiger partial charge in [0, 0.05) is 44.5 Å². The van der Waals surface area contributed by atoms with Gasteiger partial charge < -0.3 is 20.1 Å². The third-order valence-electron chi connectivity index (χ3n) is 4.92. The molecule has 28 heavy (non-hydrogen) atoms. The Balaban J connectivity index is 1.51. The second-order valence-corrected chi connectivity index (χ2v) is 6.89. The summed E-state index contributed by atoms with van der Waals surface area (Å²) in [6.07, 6.45) is 1.76. The van der Waals surface area contributed by atoms with Gasteiger partial charge in [-0.3, -0.25) is 9.59 Å². The summed E-state index contributed by atoms with van der Waals surface area (Å²) in [6, 6.07) is 10.9. The molecule has 144 valence electrons. The number of rotatable bonds is 4. The molecule has 0 bridgehead atoms. The van der Waals surface area contributed by atoms with Crippen LogP contribution in [0.25, 0.3) is 11.0 Å². The van der Waals surface area contributed by atoms with Crippen molar-refractivity contribution in [2.24, 2.45) is 0 Å². The van der Waals surface area contributed by atoms with Crippen molar-refractivity contribution >= 4 is 22.8 Å². The van der Waals surface area contributed by atoms with E-state index in [1.54, 1.807) is 18.3 Å². The van der Waals surface area contributed by atoms with Crippen molar-refractivity contribution in [2.45, 2.75) is 6.54 Å². The van der Waals surface area contributed by atoms with Gasteiger partial charge in [-0.05, 0) is 25.2 Å². The first kappa shape index (κ1) is 18.1. The molecule has 0 saturated carbocycles. The van der Waals surface area contributed by atoms with Crippen LogP contribution in [0.3, 0.4) is 0 Å².